The molecule has 1 unspecified atom stereocenters. The highest BCUT2D eigenvalue weighted by Crippen LogP contribution is 2.26. The first kappa shape index (κ1) is 11.7. The van der Waals surface area contributed by atoms with Crippen molar-refractivity contribution in [3.05, 3.63) is 0 Å². The highest BCUT2D eigenvalue weighted by molar-refractivity contribution is 7.99. The molecule has 0 aromatic rings. The number of hydrogen-bond acceptors (Lipinski definition) is 3. The Morgan fingerprint density at radius 2 is 2.00 bits per heavy atom. The van der Waals surface area contributed by atoms with Gasteiger partial charge in [0, 0.05) is 24.4 Å². The van der Waals surface area contributed by atoms with Gasteiger partial charge in [-0.05, 0) is 44.8 Å². The minimum absolute atomic E-state index is 0.503. The van der Waals surface area contributed by atoms with Crippen LogP contribution >= 0.6 is 11.8 Å². The summed E-state index contributed by atoms with van der Waals surface area (Å²) in [6.45, 7) is 2.06. The molecule has 0 spiro atoms. The summed E-state index contributed by atoms with van der Waals surface area (Å²) in [7, 11) is 0. The largest absolute Gasteiger partial charge is 0.377 e. The second kappa shape index (κ2) is 6.12. The Labute approximate surface area is 97.5 Å². The van der Waals surface area contributed by atoms with Crippen LogP contribution < -0.4 is 5.32 Å². The molecule has 2 nitrogen and oxygen atoms in total. The zero-order chi connectivity index (χ0) is 10.5. The average molecular weight is 229 g/mol. The van der Waals surface area contributed by atoms with Gasteiger partial charge in [-0.15, -0.1) is 0 Å². The molecular formula is C12H23NOS. The molecule has 0 radical (unpaired) electrons. The second-order valence-corrected chi connectivity index (χ2v) is 5.89. The van der Waals surface area contributed by atoms with Crippen molar-refractivity contribution in [2.45, 2.75) is 55.9 Å². The van der Waals surface area contributed by atoms with Crippen molar-refractivity contribution in [1.82, 2.24) is 5.32 Å². The fourth-order valence-corrected chi connectivity index (χ4v) is 3.35. The topological polar surface area (TPSA) is 21.3 Å². The first-order valence-corrected chi connectivity index (χ1v) is 7.55. The van der Waals surface area contributed by atoms with Gasteiger partial charge in [-0.25, -0.2) is 0 Å². The molecule has 2 rings (SSSR count). The van der Waals surface area contributed by atoms with Crippen LogP contribution in [0.3, 0.4) is 0 Å². The monoisotopic (exact) mass is 229 g/mol. The van der Waals surface area contributed by atoms with Gasteiger partial charge in [0.2, 0.25) is 0 Å². The molecule has 2 fully saturated rings. The van der Waals surface area contributed by atoms with Crippen LogP contribution in [0, 0.1) is 0 Å². The summed E-state index contributed by atoms with van der Waals surface area (Å²) in [5, 5.41) is 4.60. The summed E-state index contributed by atoms with van der Waals surface area (Å²) in [5.41, 5.74) is 0. The average Bonchev–Trinajstić information content (AvgIpc) is 2.80. The minimum Gasteiger partial charge on any atom is -0.377 e. The van der Waals surface area contributed by atoms with Crippen LogP contribution in [0.4, 0.5) is 0 Å². The van der Waals surface area contributed by atoms with Crippen molar-refractivity contribution in [3.8, 4) is 0 Å². The Morgan fingerprint density at radius 3 is 2.60 bits per heavy atom. The van der Waals surface area contributed by atoms with Crippen LogP contribution in [0.5, 0.6) is 0 Å². The van der Waals surface area contributed by atoms with E-state index in [0.29, 0.717) is 6.10 Å². The van der Waals surface area contributed by atoms with Crippen LogP contribution in [-0.4, -0.2) is 36.8 Å². The van der Waals surface area contributed by atoms with E-state index in [-0.39, 0.29) is 0 Å². The molecule has 0 amide bonds. The van der Waals surface area contributed by atoms with Crippen molar-refractivity contribution >= 4 is 11.8 Å². The predicted molar refractivity (Wildman–Crippen MR) is 66.5 cm³/mol. The van der Waals surface area contributed by atoms with E-state index >= 15 is 0 Å². The van der Waals surface area contributed by atoms with Gasteiger partial charge in [0.1, 0.15) is 0 Å². The molecule has 2 aliphatic rings. The van der Waals surface area contributed by atoms with Gasteiger partial charge in [0.25, 0.3) is 0 Å². The summed E-state index contributed by atoms with van der Waals surface area (Å²) in [6.07, 6.45) is 10.8. The standard InChI is InChI=1S/C12H23NOS/c1-15-12-6-4-10(5-7-12)13-9-11-3-2-8-14-11/h10-13H,2-9H2,1H3. The van der Waals surface area contributed by atoms with Crippen molar-refractivity contribution < 1.29 is 4.74 Å². The van der Waals surface area contributed by atoms with E-state index < -0.39 is 0 Å². The molecule has 88 valence electrons. The third-order valence-electron chi connectivity index (χ3n) is 3.67. The lowest BCUT2D eigenvalue weighted by atomic mass is 9.95. The van der Waals surface area contributed by atoms with Gasteiger partial charge in [0.15, 0.2) is 0 Å². The molecule has 0 bridgehead atoms. The van der Waals surface area contributed by atoms with Crippen LogP contribution in [0.1, 0.15) is 38.5 Å². The first-order valence-electron chi connectivity index (χ1n) is 6.26. The van der Waals surface area contributed by atoms with Gasteiger partial charge in [-0.1, -0.05) is 0 Å². The molecule has 1 atom stereocenters. The smallest absolute Gasteiger partial charge is 0.0700 e. The Bertz CT molecular complexity index is 174. The maximum absolute atomic E-state index is 5.62. The molecule has 15 heavy (non-hydrogen) atoms. The molecule has 1 saturated heterocycles. The van der Waals surface area contributed by atoms with Crippen molar-refractivity contribution in [3.63, 3.8) is 0 Å². The zero-order valence-corrected chi connectivity index (χ0v) is 10.5. The fourth-order valence-electron chi connectivity index (χ4n) is 2.61. The Morgan fingerprint density at radius 1 is 1.20 bits per heavy atom. The normalized spacial score (nSPS) is 37.0. The summed E-state index contributed by atoms with van der Waals surface area (Å²) in [4.78, 5) is 0. The van der Waals surface area contributed by atoms with Crippen molar-refractivity contribution in [2.75, 3.05) is 19.4 Å². The van der Waals surface area contributed by atoms with Gasteiger partial charge in [-0.2, -0.15) is 11.8 Å². The third-order valence-corrected chi connectivity index (χ3v) is 4.80. The lowest BCUT2D eigenvalue weighted by Gasteiger charge is -2.28. The van der Waals surface area contributed by atoms with Crippen LogP contribution in [0.15, 0.2) is 0 Å². The lowest BCUT2D eigenvalue weighted by molar-refractivity contribution is 0.106. The van der Waals surface area contributed by atoms with Gasteiger partial charge >= 0.3 is 0 Å². The minimum atomic E-state index is 0.503. The van der Waals surface area contributed by atoms with E-state index in [1.165, 1.54) is 38.5 Å². The molecule has 1 aliphatic heterocycles. The molecule has 1 saturated carbocycles. The summed E-state index contributed by atoms with van der Waals surface area (Å²) in [5.74, 6) is 0. The molecule has 1 N–H and O–H groups in total. The third kappa shape index (κ3) is 3.65. The quantitative estimate of drug-likeness (QED) is 0.800. The number of rotatable bonds is 4. The van der Waals surface area contributed by atoms with E-state index in [9.17, 15) is 0 Å². The number of hydrogen-bond donors (Lipinski definition) is 1. The molecule has 1 heterocycles. The molecule has 0 aromatic carbocycles. The van der Waals surface area contributed by atoms with E-state index in [4.69, 9.17) is 4.74 Å². The van der Waals surface area contributed by atoms with E-state index in [1.807, 2.05) is 11.8 Å². The SMILES string of the molecule is CSC1CCC(NCC2CCCO2)CC1. The van der Waals surface area contributed by atoms with Crippen LogP contribution in [-0.2, 0) is 4.74 Å². The molecule has 1 aliphatic carbocycles. The number of nitrogens with one attached hydrogen (secondary N) is 1. The summed E-state index contributed by atoms with van der Waals surface area (Å²) >= 11 is 2.04. The van der Waals surface area contributed by atoms with Crippen molar-refractivity contribution in [1.29, 1.82) is 0 Å². The van der Waals surface area contributed by atoms with Crippen LogP contribution in [0.2, 0.25) is 0 Å². The lowest BCUT2D eigenvalue weighted by Crippen LogP contribution is -2.38. The first-order chi connectivity index (χ1) is 7.38. The Balaban J connectivity index is 1.59. The second-order valence-electron chi connectivity index (χ2n) is 4.75. The molecule has 0 aromatic heterocycles. The van der Waals surface area contributed by atoms with Crippen molar-refractivity contribution in [2.24, 2.45) is 0 Å². The van der Waals surface area contributed by atoms with Gasteiger partial charge in [0.05, 0.1) is 6.10 Å². The number of thioether (sulfide) groups is 1. The van der Waals surface area contributed by atoms with Gasteiger partial charge in [-0.3, -0.25) is 0 Å². The van der Waals surface area contributed by atoms with E-state index in [1.54, 1.807) is 0 Å². The Kier molecular flexibility index (Phi) is 4.79. The highest BCUT2D eigenvalue weighted by Gasteiger charge is 2.22. The highest BCUT2D eigenvalue weighted by atomic mass is 32.2. The van der Waals surface area contributed by atoms with Gasteiger partial charge < -0.3 is 10.1 Å². The van der Waals surface area contributed by atoms with Crippen LogP contribution in [0.25, 0.3) is 0 Å². The maximum Gasteiger partial charge on any atom is 0.0700 e. The van der Waals surface area contributed by atoms with E-state index in [2.05, 4.69) is 11.6 Å². The molecule has 3 heteroatoms. The Hall–Kier alpha value is 0.270. The number of ether oxygens (including phenoxy) is 1. The fraction of sp³-hybridized carbons (Fsp3) is 1.00. The molecular weight excluding hydrogens is 206 g/mol. The predicted octanol–water partition coefficient (Wildman–Crippen LogP) is 2.43. The zero-order valence-electron chi connectivity index (χ0n) is 9.71. The van der Waals surface area contributed by atoms with E-state index in [0.717, 1.165) is 24.4 Å². The summed E-state index contributed by atoms with van der Waals surface area (Å²) in [6, 6.07) is 0.762. The maximum atomic E-state index is 5.62. The summed E-state index contributed by atoms with van der Waals surface area (Å²) < 4.78 is 5.62.